The lowest BCUT2D eigenvalue weighted by atomic mass is 10.2. The minimum atomic E-state index is -3.51. The van der Waals surface area contributed by atoms with Gasteiger partial charge in [0.05, 0.1) is 0 Å². The van der Waals surface area contributed by atoms with E-state index < -0.39 is 10.0 Å². The summed E-state index contributed by atoms with van der Waals surface area (Å²) < 4.78 is 26.5. The number of hydrogen-bond donors (Lipinski definition) is 2. The highest BCUT2D eigenvalue weighted by Gasteiger charge is 2.24. The average Bonchev–Trinajstić information content (AvgIpc) is 2.79. The topological polar surface area (TPSA) is 82.4 Å². The predicted octanol–water partition coefficient (Wildman–Crippen LogP) is 0.932. The summed E-state index contributed by atoms with van der Waals surface area (Å²) in [4.78, 5) is 5.18. The molecule has 0 saturated heterocycles. The summed E-state index contributed by atoms with van der Waals surface area (Å²) in [7, 11) is 1.89. The molecule has 0 spiro atoms. The van der Waals surface area contributed by atoms with E-state index in [4.69, 9.17) is 5.73 Å². The van der Waals surface area contributed by atoms with Gasteiger partial charge in [-0.2, -0.15) is 4.31 Å². The van der Waals surface area contributed by atoms with Crippen LogP contribution in [0, 0.1) is 0 Å². The molecular formula is C13H20N4O2S. The van der Waals surface area contributed by atoms with E-state index in [1.165, 1.54) is 10.5 Å². The van der Waals surface area contributed by atoms with E-state index in [9.17, 15) is 8.42 Å². The summed E-state index contributed by atoms with van der Waals surface area (Å²) in [5.74, 6) is 0. The first-order valence-electron chi connectivity index (χ1n) is 6.30. The van der Waals surface area contributed by atoms with Gasteiger partial charge in [-0.1, -0.05) is 0 Å². The molecule has 20 heavy (non-hydrogen) atoms. The second-order valence-electron chi connectivity index (χ2n) is 5.09. The van der Waals surface area contributed by atoms with Crippen molar-refractivity contribution >= 4 is 26.6 Å². The standard InChI is InChI=1S/C13H20N4O2S/c1-16(2)6-7-17(3)20(18,19)13-9-15-12-5-4-10(14)8-11(12)13/h4-5,8-9,15H,6-7,14H2,1-3H3. The van der Waals surface area contributed by atoms with E-state index in [-0.39, 0.29) is 4.90 Å². The number of nitrogens with two attached hydrogens (primary N) is 1. The highest BCUT2D eigenvalue weighted by molar-refractivity contribution is 7.89. The van der Waals surface area contributed by atoms with Crippen molar-refractivity contribution in [1.29, 1.82) is 0 Å². The fourth-order valence-corrected chi connectivity index (χ4v) is 3.27. The maximum absolute atomic E-state index is 12.6. The Balaban J connectivity index is 2.39. The van der Waals surface area contributed by atoms with Gasteiger partial charge in [0, 0.05) is 42.9 Å². The fourth-order valence-electron chi connectivity index (χ4n) is 1.95. The molecule has 2 aromatic rings. The van der Waals surface area contributed by atoms with Gasteiger partial charge < -0.3 is 15.6 Å². The van der Waals surface area contributed by atoms with Gasteiger partial charge in [-0.25, -0.2) is 8.42 Å². The molecule has 0 aliphatic heterocycles. The number of aromatic nitrogens is 1. The Morgan fingerprint density at radius 1 is 1.20 bits per heavy atom. The molecule has 0 saturated carbocycles. The van der Waals surface area contributed by atoms with Crippen LogP contribution in [0.5, 0.6) is 0 Å². The van der Waals surface area contributed by atoms with E-state index in [1.54, 1.807) is 25.2 Å². The maximum atomic E-state index is 12.6. The normalized spacial score (nSPS) is 12.7. The first-order valence-corrected chi connectivity index (χ1v) is 7.74. The van der Waals surface area contributed by atoms with Gasteiger partial charge in [0.25, 0.3) is 0 Å². The maximum Gasteiger partial charge on any atom is 0.244 e. The molecule has 0 aliphatic rings. The molecule has 2 rings (SSSR count). The largest absolute Gasteiger partial charge is 0.399 e. The number of rotatable bonds is 5. The van der Waals surface area contributed by atoms with Gasteiger partial charge in [0.1, 0.15) is 4.90 Å². The smallest absolute Gasteiger partial charge is 0.244 e. The molecular weight excluding hydrogens is 276 g/mol. The Bertz CT molecular complexity index is 706. The van der Waals surface area contributed by atoms with Gasteiger partial charge in [0.15, 0.2) is 0 Å². The molecule has 0 amide bonds. The van der Waals surface area contributed by atoms with E-state index >= 15 is 0 Å². The van der Waals surface area contributed by atoms with Crippen molar-refractivity contribution in [3.05, 3.63) is 24.4 Å². The monoisotopic (exact) mass is 296 g/mol. The van der Waals surface area contributed by atoms with Crippen molar-refractivity contribution in [2.24, 2.45) is 0 Å². The number of nitrogen functional groups attached to an aromatic ring is 1. The van der Waals surface area contributed by atoms with Crippen LogP contribution in [0.25, 0.3) is 10.9 Å². The SMILES string of the molecule is CN(C)CCN(C)S(=O)(=O)c1c[nH]c2ccc(N)cc12. The van der Waals surface area contributed by atoms with Crippen molar-refractivity contribution < 1.29 is 8.42 Å². The van der Waals surface area contributed by atoms with Crippen LogP contribution >= 0.6 is 0 Å². The van der Waals surface area contributed by atoms with Crippen molar-refractivity contribution in [1.82, 2.24) is 14.2 Å². The molecule has 0 radical (unpaired) electrons. The third kappa shape index (κ3) is 2.79. The van der Waals surface area contributed by atoms with Gasteiger partial charge in [-0.15, -0.1) is 0 Å². The van der Waals surface area contributed by atoms with Crippen LogP contribution in [0.4, 0.5) is 5.69 Å². The highest BCUT2D eigenvalue weighted by Crippen LogP contribution is 2.26. The Hall–Kier alpha value is -1.57. The van der Waals surface area contributed by atoms with Crippen LogP contribution < -0.4 is 5.73 Å². The quantitative estimate of drug-likeness (QED) is 0.804. The number of anilines is 1. The number of hydrogen-bond acceptors (Lipinski definition) is 4. The second kappa shape index (κ2) is 5.43. The summed E-state index contributed by atoms with van der Waals surface area (Å²) in [6, 6.07) is 5.20. The number of benzene rings is 1. The Kier molecular flexibility index (Phi) is 4.03. The third-order valence-electron chi connectivity index (χ3n) is 3.22. The summed E-state index contributed by atoms with van der Waals surface area (Å²) in [5.41, 5.74) is 7.05. The molecule has 0 atom stereocenters. The Labute approximate surface area is 119 Å². The molecule has 0 fully saturated rings. The summed E-state index contributed by atoms with van der Waals surface area (Å²) >= 11 is 0. The van der Waals surface area contributed by atoms with Crippen molar-refractivity contribution in [3.63, 3.8) is 0 Å². The van der Waals surface area contributed by atoms with Crippen molar-refractivity contribution in [2.75, 3.05) is 40.0 Å². The second-order valence-corrected chi connectivity index (χ2v) is 7.10. The van der Waals surface area contributed by atoms with Crippen molar-refractivity contribution in [2.45, 2.75) is 4.90 Å². The summed E-state index contributed by atoms with van der Waals surface area (Å²) in [6.07, 6.45) is 1.52. The molecule has 1 aromatic heterocycles. The summed E-state index contributed by atoms with van der Waals surface area (Å²) in [6.45, 7) is 1.10. The molecule has 1 aromatic carbocycles. The predicted molar refractivity (Wildman–Crippen MR) is 81.1 cm³/mol. The number of sulfonamides is 1. The van der Waals surface area contributed by atoms with E-state index in [1.807, 2.05) is 19.0 Å². The average molecular weight is 296 g/mol. The van der Waals surface area contributed by atoms with Crippen LogP contribution in [0.3, 0.4) is 0 Å². The van der Waals surface area contributed by atoms with Crippen molar-refractivity contribution in [3.8, 4) is 0 Å². The zero-order chi connectivity index (χ0) is 14.9. The lowest BCUT2D eigenvalue weighted by Crippen LogP contribution is -2.33. The fraction of sp³-hybridized carbons (Fsp3) is 0.385. The van der Waals surface area contributed by atoms with Gasteiger partial charge >= 0.3 is 0 Å². The van der Waals surface area contributed by atoms with Crippen LogP contribution in [0.15, 0.2) is 29.3 Å². The van der Waals surface area contributed by atoms with E-state index in [0.717, 1.165) is 5.52 Å². The molecule has 6 nitrogen and oxygen atoms in total. The van der Waals surface area contributed by atoms with Gasteiger partial charge in [-0.3, -0.25) is 0 Å². The number of fused-ring (bicyclic) bond motifs is 1. The Morgan fingerprint density at radius 2 is 1.90 bits per heavy atom. The number of aromatic amines is 1. The number of nitrogens with one attached hydrogen (secondary N) is 1. The molecule has 110 valence electrons. The first-order chi connectivity index (χ1) is 9.32. The molecule has 0 unspecified atom stereocenters. The van der Waals surface area contributed by atoms with Crippen LogP contribution in [0.1, 0.15) is 0 Å². The van der Waals surface area contributed by atoms with Crippen LogP contribution in [-0.2, 0) is 10.0 Å². The van der Waals surface area contributed by atoms with E-state index in [0.29, 0.717) is 24.2 Å². The molecule has 3 N–H and O–H groups in total. The molecule has 0 bridgehead atoms. The minimum Gasteiger partial charge on any atom is -0.399 e. The van der Waals surface area contributed by atoms with Gasteiger partial charge in [0.2, 0.25) is 10.0 Å². The number of nitrogens with zero attached hydrogens (tertiary/aromatic N) is 2. The summed E-state index contributed by atoms with van der Waals surface area (Å²) in [5, 5.41) is 0.627. The van der Waals surface area contributed by atoms with Crippen LogP contribution in [0.2, 0.25) is 0 Å². The molecule has 1 heterocycles. The number of H-pyrrole nitrogens is 1. The zero-order valence-electron chi connectivity index (χ0n) is 11.9. The van der Waals surface area contributed by atoms with Gasteiger partial charge in [-0.05, 0) is 32.3 Å². The zero-order valence-corrected chi connectivity index (χ0v) is 12.7. The Morgan fingerprint density at radius 3 is 2.55 bits per heavy atom. The highest BCUT2D eigenvalue weighted by atomic mass is 32.2. The third-order valence-corrected chi connectivity index (χ3v) is 5.11. The minimum absolute atomic E-state index is 0.265. The first kappa shape index (κ1) is 14.8. The lowest BCUT2D eigenvalue weighted by Gasteiger charge is -2.19. The lowest BCUT2D eigenvalue weighted by molar-refractivity contribution is 0.358. The number of likely N-dealkylation sites (N-methyl/N-ethyl adjacent to an activating group) is 2. The molecule has 7 heteroatoms. The molecule has 0 aliphatic carbocycles. The van der Waals surface area contributed by atoms with Crippen LogP contribution in [-0.4, -0.2) is 56.8 Å². The van der Waals surface area contributed by atoms with E-state index in [2.05, 4.69) is 4.98 Å².